The number of alkyl halides is 3. The highest BCUT2D eigenvalue weighted by Gasteiger charge is 2.33. The largest absolute Gasteiger partial charge is 0.417 e. The maximum absolute atomic E-state index is 12.9. The molecule has 25 heavy (non-hydrogen) atoms. The van der Waals surface area contributed by atoms with Crippen molar-refractivity contribution in [3.8, 4) is 0 Å². The Hall–Kier alpha value is -2.21. The van der Waals surface area contributed by atoms with Crippen LogP contribution in [0.1, 0.15) is 18.1 Å². The van der Waals surface area contributed by atoms with E-state index in [4.69, 9.17) is 11.6 Å². The van der Waals surface area contributed by atoms with Crippen LogP contribution in [-0.4, -0.2) is 18.5 Å². The highest BCUT2D eigenvalue weighted by atomic mass is 35.5. The van der Waals surface area contributed by atoms with Crippen LogP contribution in [0.15, 0.2) is 42.5 Å². The summed E-state index contributed by atoms with van der Waals surface area (Å²) in [5.74, 6) is -0.376. The Bertz CT molecular complexity index is 807. The molecule has 1 aliphatic rings. The van der Waals surface area contributed by atoms with Crippen molar-refractivity contribution in [1.29, 1.82) is 0 Å². The van der Waals surface area contributed by atoms with E-state index in [1.165, 1.54) is 6.07 Å². The summed E-state index contributed by atoms with van der Waals surface area (Å²) in [6.07, 6.45) is -3.73. The van der Waals surface area contributed by atoms with E-state index >= 15 is 0 Å². The molecule has 2 aromatic carbocycles. The van der Waals surface area contributed by atoms with Crippen molar-refractivity contribution in [1.82, 2.24) is 0 Å². The minimum atomic E-state index is -4.57. The number of hydrogen-bond acceptors (Lipinski definition) is 2. The summed E-state index contributed by atoms with van der Waals surface area (Å²) in [6.45, 7) is 2.08. The van der Waals surface area contributed by atoms with Gasteiger partial charge in [0.05, 0.1) is 17.1 Å². The fraction of sp³-hybridized carbons (Fsp3) is 0.278. The zero-order valence-electron chi connectivity index (χ0n) is 13.4. The lowest BCUT2D eigenvalue weighted by atomic mass is 10.1. The first kappa shape index (κ1) is 17.6. The van der Waals surface area contributed by atoms with Crippen molar-refractivity contribution in [2.24, 2.45) is 0 Å². The first-order valence-corrected chi connectivity index (χ1v) is 8.14. The van der Waals surface area contributed by atoms with Crippen LogP contribution in [0.25, 0.3) is 0 Å². The number of nitrogens with one attached hydrogen (secondary N) is 1. The van der Waals surface area contributed by atoms with Crippen molar-refractivity contribution < 1.29 is 18.0 Å². The Morgan fingerprint density at radius 2 is 2.00 bits per heavy atom. The van der Waals surface area contributed by atoms with E-state index in [-0.39, 0.29) is 24.2 Å². The molecule has 0 radical (unpaired) electrons. The summed E-state index contributed by atoms with van der Waals surface area (Å²) < 4.78 is 38.7. The topological polar surface area (TPSA) is 32.3 Å². The SMILES string of the molecule is C[C@H]1Cc2ccccc2N1CC(=O)Nc1ccc(Cl)c(C(F)(F)F)c1. The summed E-state index contributed by atoms with van der Waals surface area (Å²) >= 11 is 5.59. The van der Waals surface area contributed by atoms with E-state index in [2.05, 4.69) is 5.32 Å². The molecule has 132 valence electrons. The molecule has 2 aromatic rings. The van der Waals surface area contributed by atoms with Gasteiger partial charge < -0.3 is 10.2 Å². The van der Waals surface area contributed by atoms with E-state index < -0.39 is 16.8 Å². The maximum Gasteiger partial charge on any atom is 0.417 e. The number of fused-ring (bicyclic) bond motifs is 1. The summed E-state index contributed by atoms with van der Waals surface area (Å²) in [5, 5.41) is 2.12. The van der Waals surface area contributed by atoms with Crippen LogP contribution >= 0.6 is 11.6 Å². The molecule has 1 amide bonds. The van der Waals surface area contributed by atoms with Gasteiger partial charge in [0.25, 0.3) is 0 Å². The first-order chi connectivity index (χ1) is 11.8. The third-order valence-electron chi connectivity index (χ3n) is 4.22. The summed E-state index contributed by atoms with van der Waals surface area (Å²) in [6, 6.07) is 11.3. The van der Waals surface area contributed by atoms with Crippen LogP contribution in [0.5, 0.6) is 0 Å². The fourth-order valence-electron chi connectivity index (χ4n) is 3.05. The van der Waals surface area contributed by atoms with Crippen molar-refractivity contribution in [2.45, 2.75) is 25.6 Å². The number of benzene rings is 2. The van der Waals surface area contributed by atoms with Crippen molar-refractivity contribution in [3.05, 3.63) is 58.6 Å². The van der Waals surface area contributed by atoms with Gasteiger partial charge in [-0.2, -0.15) is 13.2 Å². The molecule has 0 aliphatic carbocycles. The molecular weight excluding hydrogens is 353 g/mol. The van der Waals surface area contributed by atoms with E-state index in [9.17, 15) is 18.0 Å². The molecule has 3 nitrogen and oxygen atoms in total. The number of carbonyl (C=O) groups is 1. The second kappa shape index (κ2) is 6.59. The zero-order valence-corrected chi connectivity index (χ0v) is 14.2. The minimum absolute atomic E-state index is 0.0712. The molecule has 0 aromatic heterocycles. The average Bonchev–Trinajstić information content (AvgIpc) is 2.84. The Morgan fingerprint density at radius 1 is 1.28 bits per heavy atom. The lowest BCUT2D eigenvalue weighted by Gasteiger charge is -2.24. The molecule has 1 heterocycles. The van der Waals surface area contributed by atoms with Crippen molar-refractivity contribution in [3.63, 3.8) is 0 Å². The second-order valence-electron chi connectivity index (χ2n) is 6.05. The van der Waals surface area contributed by atoms with E-state index in [1.54, 1.807) is 0 Å². The highest BCUT2D eigenvalue weighted by Crippen LogP contribution is 2.36. The number of halogens is 4. The number of anilines is 2. The molecule has 0 bridgehead atoms. The van der Waals surface area contributed by atoms with Crippen LogP contribution in [0.4, 0.5) is 24.5 Å². The molecule has 0 saturated heterocycles. The predicted molar refractivity (Wildman–Crippen MR) is 92.0 cm³/mol. The Morgan fingerprint density at radius 3 is 2.72 bits per heavy atom. The highest BCUT2D eigenvalue weighted by molar-refractivity contribution is 6.31. The molecule has 7 heteroatoms. The monoisotopic (exact) mass is 368 g/mol. The maximum atomic E-state index is 12.9. The quantitative estimate of drug-likeness (QED) is 0.848. The van der Waals surface area contributed by atoms with Gasteiger partial charge in [-0.1, -0.05) is 29.8 Å². The molecular formula is C18H16ClF3N2O. The molecule has 0 fully saturated rings. The van der Waals surface area contributed by atoms with Crippen LogP contribution in [0, 0.1) is 0 Å². The van der Waals surface area contributed by atoms with Crippen LogP contribution in [0.2, 0.25) is 5.02 Å². The second-order valence-corrected chi connectivity index (χ2v) is 6.46. The zero-order chi connectivity index (χ0) is 18.2. The minimum Gasteiger partial charge on any atom is -0.359 e. The fourth-order valence-corrected chi connectivity index (χ4v) is 3.27. The molecule has 0 saturated carbocycles. The summed E-state index contributed by atoms with van der Waals surface area (Å²) in [5.41, 5.74) is 1.25. The van der Waals surface area contributed by atoms with Gasteiger partial charge >= 0.3 is 6.18 Å². The van der Waals surface area contributed by atoms with E-state index in [0.717, 1.165) is 29.8 Å². The smallest absolute Gasteiger partial charge is 0.359 e. The molecule has 3 rings (SSSR count). The number of nitrogens with zero attached hydrogens (tertiary/aromatic N) is 1. The normalized spacial score (nSPS) is 16.7. The van der Waals surface area contributed by atoms with Crippen molar-refractivity contribution in [2.75, 3.05) is 16.8 Å². The number of para-hydroxylation sites is 1. The lowest BCUT2D eigenvalue weighted by molar-refractivity contribution is -0.137. The Balaban J connectivity index is 1.74. The third kappa shape index (κ3) is 3.74. The predicted octanol–water partition coefficient (Wildman–Crippen LogP) is 4.75. The summed E-state index contributed by atoms with van der Waals surface area (Å²) in [4.78, 5) is 14.3. The first-order valence-electron chi connectivity index (χ1n) is 7.77. The van der Waals surface area contributed by atoms with Crippen LogP contribution < -0.4 is 10.2 Å². The van der Waals surface area contributed by atoms with Crippen LogP contribution in [-0.2, 0) is 17.4 Å². The van der Waals surface area contributed by atoms with E-state index in [1.807, 2.05) is 36.1 Å². The van der Waals surface area contributed by atoms with Gasteiger partial charge in [-0.3, -0.25) is 4.79 Å². The molecule has 1 aliphatic heterocycles. The van der Waals surface area contributed by atoms with Gasteiger partial charge in [0, 0.05) is 17.4 Å². The number of hydrogen-bond donors (Lipinski definition) is 1. The number of amides is 1. The Labute approximate surface area is 148 Å². The van der Waals surface area contributed by atoms with Crippen molar-refractivity contribution >= 4 is 28.9 Å². The van der Waals surface area contributed by atoms with Crippen LogP contribution in [0.3, 0.4) is 0 Å². The van der Waals surface area contributed by atoms with Gasteiger partial charge in [0.2, 0.25) is 5.91 Å². The van der Waals surface area contributed by atoms with Gasteiger partial charge in [-0.25, -0.2) is 0 Å². The number of carbonyl (C=O) groups excluding carboxylic acids is 1. The van der Waals surface area contributed by atoms with E-state index in [0.29, 0.717) is 0 Å². The van der Waals surface area contributed by atoms with Gasteiger partial charge in [0.1, 0.15) is 0 Å². The Kier molecular flexibility index (Phi) is 4.64. The lowest BCUT2D eigenvalue weighted by Crippen LogP contribution is -2.37. The number of rotatable bonds is 3. The third-order valence-corrected chi connectivity index (χ3v) is 4.55. The van der Waals surface area contributed by atoms with Gasteiger partial charge in [0.15, 0.2) is 0 Å². The average molecular weight is 369 g/mol. The summed E-state index contributed by atoms with van der Waals surface area (Å²) in [7, 11) is 0. The van der Waals surface area contributed by atoms with Gasteiger partial charge in [-0.15, -0.1) is 0 Å². The molecule has 1 N–H and O–H groups in total. The molecule has 0 unspecified atom stereocenters. The van der Waals surface area contributed by atoms with Gasteiger partial charge in [-0.05, 0) is 43.2 Å². The molecule has 0 spiro atoms. The standard InChI is InChI=1S/C18H16ClF3N2O/c1-11-8-12-4-2-3-5-16(12)24(11)10-17(25)23-13-6-7-15(19)14(9-13)18(20,21)22/h2-7,9,11H,8,10H2,1H3,(H,23,25)/t11-/m0/s1. The molecule has 1 atom stereocenters.